The van der Waals surface area contributed by atoms with Crippen LogP contribution < -0.4 is 14.4 Å². The number of carbonyl (C=O) groups is 1. The number of thioether (sulfide) groups is 1. The van der Waals surface area contributed by atoms with Gasteiger partial charge in [-0.2, -0.15) is 11.8 Å². The van der Waals surface area contributed by atoms with Crippen LogP contribution in [0.5, 0.6) is 11.5 Å². The van der Waals surface area contributed by atoms with Gasteiger partial charge in [0.05, 0.1) is 5.75 Å². The van der Waals surface area contributed by atoms with E-state index in [1.54, 1.807) is 11.8 Å². The summed E-state index contributed by atoms with van der Waals surface area (Å²) in [5, 5.41) is 0.480. The zero-order chi connectivity index (χ0) is 18.4. The van der Waals surface area contributed by atoms with Crippen LogP contribution in [0.1, 0.15) is 25.8 Å². The number of benzene rings is 2. The molecule has 2 aromatic rings. The van der Waals surface area contributed by atoms with Crippen LogP contribution in [0.25, 0.3) is 0 Å². The number of Topliss-reactive ketones (excluding diaryl/α,β-unsaturated/α-hetero) is 1. The highest BCUT2D eigenvalue weighted by atomic mass is 32.2. The monoisotopic (exact) mass is 371 g/mol. The van der Waals surface area contributed by atoms with Gasteiger partial charge in [-0.3, -0.25) is 4.79 Å². The highest BCUT2D eigenvalue weighted by Crippen LogP contribution is 2.36. The van der Waals surface area contributed by atoms with E-state index in [9.17, 15) is 4.79 Å². The molecule has 0 aromatic heterocycles. The number of hydrogen-bond acceptors (Lipinski definition) is 5. The second-order valence-corrected chi connectivity index (χ2v) is 8.16. The molecule has 2 aromatic carbocycles. The molecule has 0 saturated carbocycles. The Bertz CT molecular complexity index is 733. The molecule has 3 rings (SSSR count). The molecule has 1 aliphatic heterocycles. The van der Waals surface area contributed by atoms with Gasteiger partial charge in [0.2, 0.25) is 6.79 Å². The molecule has 1 heterocycles. The predicted molar refractivity (Wildman–Crippen MR) is 107 cm³/mol. The summed E-state index contributed by atoms with van der Waals surface area (Å²) in [6.45, 7) is 5.94. The van der Waals surface area contributed by atoms with Gasteiger partial charge >= 0.3 is 0 Å². The Morgan fingerprint density at radius 3 is 2.65 bits per heavy atom. The van der Waals surface area contributed by atoms with E-state index in [-0.39, 0.29) is 6.79 Å². The summed E-state index contributed by atoms with van der Waals surface area (Å²) in [4.78, 5) is 14.5. The summed E-state index contributed by atoms with van der Waals surface area (Å²) in [7, 11) is 0. The van der Waals surface area contributed by atoms with Crippen LogP contribution in [0.2, 0.25) is 0 Å². The number of carbonyl (C=O) groups excluding carboxylic acids is 1. The van der Waals surface area contributed by atoms with Gasteiger partial charge in [0, 0.05) is 31.3 Å². The van der Waals surface area contributed by atoms with Crippen molar-refractivity contribution in [2.75, 3.05) is 24.0 Å². The first kappa shape index (κ1) is 18.6. The number of anilines is 1. The Hall–Kier alpha value is -2.14. The second kappa shape index (κ2) is 8.99. The molecule has 5 heteroatoms. The number of ether oxygens (including phenoxy) is 2. The molecule has 0 saturated heterocycles. The van der Waals surface area contributed by atoms with E-state index < -0.39 is 0 Å². The molecular formula is C21H25NO3S. The standard InChI is InChI=1S/C21H25NO3S/c1-16(2)26-14-19(23)10-11-22(13-17-6-4-3-5-7-17)18-8-9-20-21(12-18)25-15-24-20/h3-9,12,16H,10-11,13-15H2,1-2H3. The molecule has 0 fully saturated rings. The first-order valence-electron chi connectivity index (χ1n) is 8.93. The molecule has 26 heavy (non-hydrogen) atoms. The van der Waals surface area contributed by atoms with Crippen molar-refractivity contribution >= 4 is 23.2 Å². The molecule has 0 amide bonds. The predicted octanol–water partition coefficient (Wildman–Crippen LogP) is 4.52. The molecule has 0 spiro atoms. The number of fused-ring (bicyclic) bond motifs is 1. The third-order valence-corrected chi connectivity index (χ3v) is 5.33. The van der Waals surface area contributed by atoms with Crippen LogP contribution in [0, 0.1) is 0 Å². The largest absolute Gasteiger partial charge is 0.454 e. The van der Waals surface area contributed by atoms with Crippen molar-refractivity contribution in [3.63, 3.8) is 0 Å². The first-order valence-corrected chi connectivity index (χ1v) is 9.98. The zero-order valence-electron chi connectivity index (χ0n) is 15.3. The topological polar surface area (TPSA) is 38.8 Å². The number of ketones is 1. The van der Waals surface area contributed by atoms with Gasteiger partial charge in [0.15, 0.2) is 11.5 Å². The summed E-state index contributed by atoms with van der Waals surface area (Å²) < 4.78 is 10.9. The molecule has 0 N–H and O–H groups in total. The van der Waals surface area contributed by atoms with E-state index in [4.69, 9.17) is 9.47 Å². The Morgan fingerprint density at radius 2 is 1.88 bits per heavy atom. The van der Waals surface area contributed by atoms with Gasteiger partial charge in [-0.1, -0.05) is 44.2 Å². The maximum absolute atomic E-state index is 12.2. The molecule has 0 radical (unpaired) electrons. The first-order chi connectivity index (χ1) is 12.6. The fourth-order valence-electron chi connectivity index (χ4n) is 2.78. The van der Waals surface area contributed by atoms with E-state index >= 15 is 0 Å². The third kappa shape index (κ3) is 5.18. The van der Waals surface area contributed by atoms with Crippen LogP contribution in [0.15, 0.2) is 48.5 Å². The van der Waals surface area contributed by atoms with Gasteiger partial charge in [0.1, 0.15) is 5.78 Å². The summed E-state index contributed by atoms with van der Waals surface area (Å²) in [5.41, 5.74) is 2.26. The minimum absolute atomic E-state index is 0.266. The maximum atomic E-state index is 12.2. The van der Waals surface area contributed by atoms with Crippen LogP contribution in [0.3, 0.4) is 0 Å². The molecule has 138 valence electrons. The van der Waals surface area contributed by atoms with Crippen LogP contribution in [0.4, 0.5) is 5.69 Å². The van der Waals surface area contributed by atoms with Crippen molar-refractivity contribution in [3.8, 4) is 11.5 Å². The van der Waals surface area contributed by atoms with Crippen molar-refractivity contribution in [1.29, 1.82) is 0 Å². The van der Waals surface area contributed by atoms with Crippen molar-refractivity contribution in [2.45, 2.75) is 32.1 Å². The number of hydrogen-bond donors (Lipinski definition) is 0. The highest BCUT2D eigenvalue weighted by Gasteiger charge is 2.17. The average molecular weight is 372 g/mol. The Morgan fingerprint density at radius 1 is 1.12 bits per heavy atom. The smallest absolute Gasteiger partial charge is 0.231 e. The summed E-state index contributed by atoms with van der Waals surface area (Å²) in [6, 6.07) is 16.3. The summed E-state index contributed by atoms with van der Waals surface area (Å²) in [6.07, 6.45) is 0.543. The lowest BCUT2D eigenvalue weighted by molar-refractivity contribution is -0.116. The molecule has 0 bridgehead atoms. The minimum Gasteiger partial charge on any atom is -0.454 e. The minimum atomic E-state index is 0.266. The van der Waals surface area contributed by atoms with Crippen molar-refractivity contribution in [3.05, 3.63) is 54.1 Å². The van der Waals surface area contributed by atoms with Crippen LogP contribution in [-0.4, -0.2) is 30.1 Å². The number of rotatable bonds is 9. The van der Waals surface area contributed by atoms with E-state index in [1.165, 1.54) is 5.56 Å². The molecule has 4 nitrogen and oxygen atoms in total. The Labute approximate surface area is 159 Å². The summed E-state index contributed by atoms with van der Waals surface area (Å²) in [5.74, 6) is 2.42. The maximum Gasteiger partial charge on any atom is 0.231 e. The second-order valence-electron chi connectivity index (χ2n) is 6.59. The van der Waals surface area contributed by atoms with Crippen LogP contribution in [-0.2, 0) is 11.3 Å². The lowest BCUT2D eigenvalue weighted by Gasteiger charge is -2.25. The van der Waals surface area contributed by atoms with E-state index in [0.717, 1.165) is 23.7 Å². The number of nitrogens with zero attached hydrogens (tertiary/aromatic N) is 1. The summed E-state index contributed by atoms with van der Waals surface area (Å²) >= 11 is 1.70. The van der Waals surface area contributed by atoms with Gasteiger partial charge in [0.25, 0.3) is 0 Å². The van der Waals surface area contributed by atoms with Crippen molar-refractivity contribution < 1.29 is 14.3 Å². The molecule has 0 unspecified atom stereocenters. The quantitative estimate of drug-likeness (QED) is 0.648. The van der Waals surface area contributed by atoms with Gasteiger partial charge in [-0.15, -0.1) is 0 Å². The molecule has 1 aliphatic rings. The van der Waals surface area contributed by atoms with Crippen molar-refractivity contribution in [1.82, 2.24) is 0 Å². The van der Waals surface area contributed by atoms with Gasteiger partial charge in [-0.05, 0) is 22.9 Å². The molecular weight excluding hydrogens is 346 g/mol. The lowest BCUT2D eigenvalue weighted by Crippen LogP contribution is -2.26. The average Bonchev–Trinajstić information content (AvgIpc) is 3.12. The molecule has 0 atom stereocenters. The van der Waals surface area contributed by atoms with Crippen LogP contribution >= 0.6 is 11.8 Å². The van der Waals surface area contributed by atoms with Gasteiger partial charge in [-0.25, -0.2) is 0 Å². The third-order valence-electron chi connectivity index (χ3n) is 4.18. The Kier molecular flexibility index (Phi) is 6.45. The normalized spacial score (nSPS) is 12.4. The van der Waals surface area contributed by atoms with E-state index in [0.29, 0.717) is 29.8 Å². The van der Waals surface area contributed by atoms with Crippen molar-refractivity contribution in [2.24, 2.45) is 0 Å². The highest BCUT2D eigenvalue weighted by molar-refractivity contribution is 8.00. The van der Waals surface area contributed by atoms with E-state index in [2.05, 4.69) is 30.9 Å². The van der Waals surface area contributed by atoms with E-state index in [1.807, 2.05) is 36.4 Å². The zero-order valence-corrected chi connectivity index (χ0v) is 16.1. The van der Waals surface area contributed by atoms with Gasteiger partial charge < -0.3 is 14.4 Å². The lowest BCUT2D eigenvalue weighted by atomic mass is 10.1. The SMILES string of the molecule is CC(C)SCC(=O)CCN(Cc1ccccc1)c1ccc2c(c1)OCO2. The fraction of sp³-hybridized carbons (Fsp3) is 0.381. The fourth-order valence-corrected chi connectivity index (χ4v) is 3.44. The Balaban J connectivity index is 1.70. The molecule has 0 aliphatic carbocycles.